The molecule has 0 radical (unpaired) electrons. The maximum atomic E-state index is 12.8. The summed E-state index contributed by atoms with van der Waals surface area (Å²) in [6.07, 6.45) is 1.88. The minimum absolute atomic E-state index is 0.0812. The Balaban J connectivity index is 1.70. The smallest absolute Gasteiger partial charge is 0.342 e. The number of aryl methyl sites for hydroxylation is 1. The number of carbonyl (C=O) groups is 1. The zero-order valence-corrected chi connectivity index (χ0v) is 20.5. The van der Waals surface area contributed by atoms with Gasteiger partial charge in [-0.3, -0.25) is 5.41 Å². The van der Waals surface area contributed by atoms with Crippen LogP contribution in [-0.2, 0) is 20.7 Å². The zero-order chi connectivity index (χ0) is 23.9. The van der Waals surface area contributed by atoms with Gasteiger partial charge in [-0.25, -0.2) is 4.79 Å². The topological polar surface area (TPSA) is 107 Å². The highest BCUT2D eigenvalue weighted by molar-refractivity contribution is 5.97. The average Bonchev–Trinajstić information content (AvgIpc) is 2.73. The third-order valence-electron chi connectivity index (χ3n) is 7.21. The van der Waals surface area contributed by atoms with Crippen LogP contribution in [0.5, 0.6) is 5.75 Å². The monoisotopic (exact) mass is 445 g/mol. The largest absolute Gasteiger partial charge is 0.486 e. The van der Waals surface area contributed by atoms with Gasteiger partial charge in [-0.2, -0.15) is 0 Å². The summed E-state index contributed by atoms with van der Waals surface area (Å²) in [6, 6.07) is 6.02. The number of rotatable bonds is 6. The number of esters is 1. The zero-order valence-electron chi connectivity index (χ0n) is 20.5. The van der Waals surface area contributed by atoms with Crippen LogP contribution >= 0.6 is 0 Å². The number of hydrogen-bond donors (Lipinski definition) is 3. The second-order valence-electron chi connectivity index (χ2n) is 10.8. The first-order valence-corrected chi connectivity index (χ1v) is 11.5. The van der Waals surface area contributed by atoms with Crippen LogP contribution in [0.1, 0.15) is 65.5 Å². The number of ether oxygens (including phenoxy) is 3. The van der Waals surface area contributed by atoms with Crippen molar-refractivity contribution < 1.29 is 19.0 Å². The number of nitrogens with two attached hydrogens (primary N) is 1. The van der Waals surface area contributed by atoms with Crippen LogP contribution in [0.3, 0.4) is 0 Å². The highest BCUT2D eigenvalue weighted by Gasteiger charge is 2.48. The summed E-state index contributed by atoms with van der Waals surface area (Å²) >= 11 is 0. The molecule has 0 aromatic heterocycles. The van der Waals surface area contributed by atoms with E-state index in [1.807, 2.05) is 39.0 Å². The number of nitrogens with one attached hydrogen (secondary N) is 2. The van der Waals surface area contributed by atoms with Crippen LogP contribution in [-0.4, -0.2) is 48.8 Å². The molecule has 0 saturated heterocycles. The molecule has 4 atom stereocenters. The standard InChI is InChI=1S/C25H39N3O4/c1-23(2,3)32-22(29)25(6,30-7)20-11-9-15-12-16(8-10-18(15)31-20)21(27)28-19-13-17(14-26)24(19,4)5/h8,10,12,17,19-20H,9,11,13-14,26H2,1-7H3,(H2,27,28)/t17-,19-,20-,25+/m1/s1. The Morgan fingerprint density at radius 2 is 2.00 bits per heavy atom. The molecule has 0 amide bonds. The molecule has 4 N–H and O–H groups in total. The van der Waals surface area contributed by atoms with E-state index in [9.17, 15) is 4.79 Å². The van der Waals surface area contributed by atoms with Gasteiger partial charge in [-0.15, -0.1) is 0 Å². The van der Waals surface area contributed by atoms with Gasteiger partial charge in [0.15, 0.2) is 5.60 Å². The fraction of sp³-hybridized carbons (Fsp3) is 0.680. The van der Waals surface area contributed by atoms with E-state index in [2.05, 4.69) is 19.2 Å². The maximum absolute atomic E-state index is 12.8. The first kappa shape index (κ1) is 24.5. The summed E-state index contributed by atoms with van der Waals surface area (Å²) in [5.74, 6) is 1.19. The summed E-state index contributed by atoms with van der Waals surface area (Å²) in [6.45, 7) is 12.3. The molecule has 1 heterocycles. The van der Waals surface area contributed by atoms with Gasteiger partial charge in [0.25, 0.3) is 0 Å². The van der Waals surface area contributed by atoms with Gasteiger partial charge in [0.1, 0.15) is 23.3 Å². The quantitative estimate of drug-likeness (QED) is 0.352. The molecule has 0 bridgehead atoms. The summed E-state index contributed by atoms with van der Waals surface area (Å²) in [5, 5.41) is 11.9. The van der Waals surface area contributed by atoms with Crippen LogP contribution in [0.2, 0.25) is 0 Å². The van der Waals surface area contributed by atoms with Crippen LogP contribution < -0.4 is 15.8 Å². The second-order valence-corrected chi connectivity index (χ2v) is 10.8. The number of amidine groups is 1. The Hall–Kier alpha value is -2.12. The molecule has 2 aliphatic rings. The van der Waals surface area contributed by atoms with Crippen molar-refractivity contribution in [3.63, 3.8) is 0 Å². The van der Waals surface area contributed by atoms with Crippen molar-refractivity contribution in [1.82, 2.24) is 5.32 Å². The van der Waals surface area contributed by atoms with Crippen LogP contribution in [0.15, 0.2) is 18.2 Å². The summed E-state index contributed by atoms with van der Waals surface area (Å²) < 4.78 is 17.4. The number of hydrogen-bond acceptors (Lipinski definition) is 6. The number of benzene rings is 1. The Kier molecular flexibility index (Phi) is 6.64. The molecule has 1 aliphatic heterocycles. The van der Waals surface area contributed by atoms with E-state index in [1.165, 1.54) is 7.11 Å². The number of methoxy groups -OCH3 is 1. The van der Waals surface area contributed by atoms with Gasteiger partial charge >= 0.3 is 5.97 Å². The third kappa shape index (κ3) is 4.64. The third-order valence-corrected chi connectivity index (χ3v) is 7.21. The van der Waals surface area contributed by atoms with Crippen molar-refractivity contribution in [2.24, 2.45) is 17.1 Å². The average molecular weight is 446 g/mol. The predicted octanol–water partition coefficient (Wildman–Crippen LogP) is 3.42. The lowest BCUT2D eigenvalue weighted by Crippen LogP contribution is -2.60. The van der Waals surface area contributed by atoms with Gasteiger partial charge in [0.2, 0.25) is 0 Å². The molecule has 0 spiro atoms. The van der Waals surface area contributed by atoms with E-state index >= 15 is 0 Å². The van der Waals surface area contributed by atoms with E-state index in [-0.39, 0.29) is 11.5 Å². The normalized spacial score (nSPS) is 26.1. The second kappa shape index (κ2) is 8.67. The van der Waals surface area contributed by atoms with E-state index < -0.39 is 23.3 Å². The molecule has 178 valence electrons. The lowest BCUT2D eigenvalue weighted by molar-refractivity contribution is -0.190. The molecule has 7 nitrogen and oxygen atoms in total. The van der Waals surface area contributed by atoms with Crippen molar-refractivity contribution in [2.75, 3.05) is 13.7 Å². The van der Waals surface area contributed by atoms with Crippen molar-refractivity contribution in [3.8, 4) is 5.75 Å². The van der Waals surface area contributed by atoms with Crippen LogP contribution in [0.25, 0.3) is 0 Å². The van der Waals surface area contributed by atoms with Crippen molar-refractivity contribution in [2.45, 2.75) is 84.2 Å². The molecule has 0 unspecified atom stereocenters. The molecule has 1 fully saturated rings. The van der Waals surface area contributed by atoms with E-state index in [1.54, 1.807) is 6.92 Å². The van der Waals surface area contributed by atoms with Gasteiger partial charge in [-0.1, -0.05) is 13.8 Å². The van der Waals surface area contributed by atoms with Crippen molar-refractivity contribution in [3.05, 3.63) is 29.3 Å². The molecule has 1 aromatic carbocycles. The fourth-order valence-electron chi connectivity index (χ4n) is 4.58. The minimum atomic E-state index is -1.20. The Morgan fingerprint density at radius 1 is 1.31 bits per heavy atom. The summed E-state index contributed by atoms with van der Waals surface area (Å²) in [4.78, 5) is 12.8. The van der Waals surface area contributed by atoms with Gasteiger partial charge in [0, 0.05) is 18.7 Å². The highest BCUT2D eigenvalue weighted by atomic mass is 16.6. The Labute approximate surface area is 191 Å². The van der Waals surface area contributed by atoms with Crippen molar-refractivity contribution in [1.29, 1.82) is 5.41 Å². The molecule has 1 saturated carbocycles. The SMILES string of the molecule is CO[C@](C)(C(=O)OC(C)(C)C)[C@H]1CCc2cc(C(=N)N[C@@H]3C[C@H](CN)C3(C)C)ccc2O1. The Bertz CT molecular complexity index is 876. The fourth-order valence-corrected chi connectivity index (χ4v) is 4.58. The maximum Gasteiger partial charge on any atom is 0.342 e. The van der Waals surface area contributed by atoms with E-state index in [0.29, 0.717) is 24.7 Å². The number of fused-ring (bicyclic) bond motifs is 1. The molecule has 1 aliphatic carbocycles. The molecular weight excluding hydrogens is 406 g/mol. The first-order valence-electron chi connectivity index (χ1n) is 11.5. The van der Waals surface area contributed by atoms with Gasteiger partial charge in [-0.05, 0) is 88.6 Å². The van der Waals surface area contributed by atoms with E-state index in [0.717, 1.165) is 29.7 Å². The van der Waals surface area contributed by atoms with Gasteiger partial charge < -0.3 is 25.3 Å². The summed E-state index contributed by atoms with van der Waals surface area (Å²) in [7, 11) is 1.51. The van der Waals surface area contributed by atoms with Crippen LogP contribution in [0.4, 0.5) is 0 Å². The minimum Gasteiger partial charge on any atom is -0.486 e. The molecular formula is C25H39N3O4. The lowest BCUT2D eigenvalue weighted by atomic mass is 9.58. The molecule has 1 aromatic rings. The van der Waals surface area contributed by atoms with E-state index in [4.69, 9.17) is 25.4 Å². The summed E-state index contributed by atoms with van der Waals surface area (Å²) in [5.41, 5.74) is 5.99. The molecule has 3 rings (SSSR count). The predicted molar refractivity (Wildman–Crippen MR) is 125 cm³/mol. The molecule has 32 heavy (non-hydrogen) atoms. The number of carbonyl (C=O) groups excluding carboxylic acids is 1. The first-order chi connectivity index (χ1) is 14.8. The lowest BCUT2D eigenvalue weighted by Gasteiger charge is -2.52. The van der Waals surface area contributed by atoms with Crippen LogP contribution in [0, 0.1) is 16.7 Å². The van der Waals surface area contributed by atoms with Gasteiger partial charge in [0.05, 0.1) is 0 Å². The highest BCUT2D eigenvalue weighted by Crippen LogP contribution is 2.45. The molecule has 7 heteroatoms. The van der Waals surface area contributed by atoms with Crippen molar-refractivity contribution >= 4 is 11.8 Å². The Morgan fingerprint density at radius 3 is 2.56 bits per heavy atom.